The van der Waals surface area contributed by atoms with Crippen molar-refractivity contribution in [1.82, 2.24) is 14.3 Å². The summed E-state index contributed by atoms with van der Waals surface area (Å²) in [6.07, 6.45) is 2.32. The van der Waals surface area contributed by atoms with E-state index in [0.29, 0.717) is 29.4 Å². The lowest BCUT2D eigenvalue weighted by atomic mass is 9.96. The van der Waals surface area contributed by atoms with Crippen LogP contribution in [0.2, 0.25) is 0 Å². The third-order valence-corrected chi connectivity index (χ3v) is 9.36. The van der Waals surface area contributed by atoms with E-state index in [-0.39, 0.29) is 30.4 Å². The van der Waals surface area contributed by atoms with Crippen LogP contribution >= 0.6 is 11.3 Å². The zero-order chi connectivity index (χ0) is 26.0. The molecule has 11 heteroatoms. The Hall–Kier alpha value is -3.41. The number of ether oxygens (including phenoxy) is 1. The van der Waals surface area contributed by atoms with Crippen molar-refractivity contribution in [1.29, 1.82) is 0 Å². The second-order valence-corrected chi connectivity index (χ2v) is 11.6. The van der Waals surface area contributed by atoms with Crippen molar-refractivity contribution >= 4 is 42.6 Å². The molecule has 2 aromatic carbocycles. The summed E-state index contributed by atoms with van der Waals surface area (Å²) in [5.41, 5.74) is 1.47. The number of hydrogen-bond acceptors (Lipinski definition) is 7. The Morgan fingerprint density at radius 2 is 1.89 bits per heavy atom. The molecule has 192 valence electrons. The lowest BCUT2D eigenvalue weighted by Gasteiger charge is -2.33. The van der Waals surface area contributed by atoms with Gasteiger partial charge in [-0.05, 0) is 55.3 Å². The first-order valence-corrected chi connectivity index (χ1v) is 14.0. The van der Waals surface area contributed by atoms with Crippen LogP contribution in [-0.2, 0) is 21.4 Å². The Balaban J connectivity index is 1.38. The average Bonchev–Trinajstić information content (AvgIpc) is 3.35. The zero-order valence-electron chi connectivity index (χ0n) is 20.1. The minimum Gasteiger partial charge on any atom is -0.497 e. The molecule has 8 nitrogen and oxygen atoms in total. The van der Waals surface area contributed by atoms with E-state index < -0.39 is 21.8 Å². The summed E-state index contributed by atoms with van der Waals surface area (Å²) in [5, 5.41) is 0.542. The predicted molar refractivity (Wildman–Crippen MR) is 139 cm³/mol. The fourth-order valence-corrected chi connectivity index (χ4v) is 6.92. The van der Waals surface area contributed by atoms with Crippen molar-refractivity contribution in [3.05, 3.63) is 78.4 Å². The van der Waals surface area contributed by atoms with Gasteiger partial charge in [-0.15, -0.1) is 0 Å². The van der Waals surface area contributed by atoms with Crippen LogP contribution in [-0.4, -0.2) is 48.8 Å². The number of benzene rings is 2. The first kappa shape index (κ1) is 25.2. The quantitative estimate of drug-likeness (QED) is 0.343. The van der Waals surface area contributed by atoms with Crippen LogP contribution in [0.15, 0.2) is 71.8 Å². The minimum atomic E-state index is -3.99. The third-order valence-electron chi connectivity index (χ3n) is 6.39. The summed E-state index contributed by atoms with van der Waals surface area (Å²) in [6.45, 7) is 0.494. The average molecular weight is 541 g/mol. The number of nitrogens with zero attached hydrogens (tertiary/aromatic N) is 4. The number of fused-ring (bicyclic) bond motifs is 1. The number of hydrogen-bond donors (Lipinski definition) is 0. The molecule has 5 rings (SSSR count). The number of thiazole rings is 1. The Morgan fingerprint density at radius 1 is 1.14 bits per heavy atom. The van der Waals surface area contributed by atoms with Crippen LogP contribution < -0.4 is 9.64 Å². The van der Waals surface area contributed by atoms with E-state index in [2.05, 4.69) is 4.98 Å². The van der Waals surface area contributed by atoms with E-state index >= 15 is 0 Å². The zero-order valence-corrected chi connectivity index (χ0v) is 21.7. The monoisotopic (exact) mass is 540 g/mol. The lowest BCUT2D eigenvalue weighted by molar-refractivity contribution is -0.123. The molecule has 37 heavy (non-hydrogen) atoms. The number of aromatic nitrogens is 2. The molecule has 0 unspecified atom stereocenters. The van der Waals surface area contributed by atoms with E-state index in [0.717, 1.165) is 16.3 Å². The molecule has 0 radical (unpaired) electrons. The fourth-order valence-electron chi connectivity index (χ4n) is 4.39. The molecule has 0 bridgehead atoms. The van der Waals surface area contributed by atoms with Gasteiger partial charge in [-0.3, -0.25) is 14.7 Å². The Labute approximate surface area is 218 Å². The molecule has 4 aromatic rings. The van der Waals surface area contributed by atoms with Crippen LogP contribution in [0.1, 0.15) is 18.5 Å². The summed E-state index contributed by atoms with van der Waals surface area (Å²) < 4.78 is 47.6. The largest absolute Gasteiger partial charge is 0.497 e. The number of halogens is 1. The normalized spacial score (nSPS) is 15.1. The topological polar surface area (TPSA) is 92.7 Å². The summed E-state index contributed by atoms with van der Waals surface area (Å²) >= 11 is 1.39. The van der Waals surface area contributed by atoms with Crippen molar-refractivity contribution in [2.24, 2.45) is 5.92 Å². The minimum absolute atomic E-state index is 0.127. The number of rotatable bonds is 7. The van der Waals surface area contributed by atoms with E-state index in [1.54, 1.807) is 18.2 Å². The van der Waals surface area contributed by atoms with Gasteiger partial charge < -0.3 is 4.74 Å². The maximum absolute atomic E-state index is 14.2. The van der Waals surface area contributed by atoms with Gasteiger partial charge in [0.1, 0.15) is 16.5 Å². The summed E-state index contributed by atoms with van der Waals surface area (Å²) in [4.78, 5) is 24.2. The Kier molecular flexibility index (Phi) is 7.18. The van der Waals surface area contributed by atoms with Crippen LogP contribution in [0.25, 0.3) is 10.2 Å². The van der Waals surface area contributed by atoms with Crippen LogP contribution in [0.4, 0.5) is 9.52 Å². The van der Waals surface area contributed by atoms with Gasteiger partial charge in [0, 0.05) is 25.2 Å². The highest BCUT2D eigenvalue weighted by Crippen LogP contribution is 2.34. The number of carbonyl (C=O) groups is 1. The maximum atomic E-state index is 14.2. The van der Waals surface area contributed by atoms with Gasteiger partial charge in [0.05, 0.1) is 29.6 Å². The summed E-state index contributed by atoms with van der Waals surface area (Å²) in [7, 11) is -2.39. The van der Waals surface area contributed by atoms with Crippen LogP contribution in [0.5, 0.6) is 5.75 Å². The molecule has 1 amide bonds. The first-order valence-electron chi connectivity index (χ1n) is 11.8. The number of sulfonamides is 1. The number of amides is 1. The molecule has 0 saturated carbocycles. The molecule has 3 heterocycles. The van der Waals surface area contributed by atoms with Crippen LogP contribution in [0, 0.1) is 11.7 Å². The second-order valence-electron chi connectivity index (χ2n) is 8.68. The van der Waals surface area contributed by atoms with E-state index in [9.17, 15) is 17.6 Å². The van der Waals surface area contributed by atoms with Crippen molar-refractivity contribution in [3.8, 4) is 5.75 Å². The first-order chi connectivity index (χ1) is 17.9. The van der Waals surface area contributed by atoms with Gasteiger partial charge in [-0.2, -0.15) is 4.31 Å². The second kappa shape index (κ2) is 10.5. The smallest absolute Gasteiger partial charge is 0.245 e. The lowest BCUT2D eigenvalue weighted by Crippen LogP contribution is -2.44. The molecule has 0 spiro atoms. The number of methoxy groups -OCH3 is 1. The van der Waals surface area contributed by atoms with Crippen molar-refractivity contribution in [2.45, 2.75) is 24.3 Å². The molecule has 1 fully saturated rings. The van der Waals surface area contributed by atoms with Gasteiger partial charge in [-0.25, -0.2) is 17.8 Å². The SMILES string of the molecule is COc1ccc2nc(N(Cc3ccccn3)C(=O)C3CCN(S(=O)(=O)c4ccccc4F)CC3)sc2c1. The van der Waals surface area contributed by atoms with E-state index in [1.807, 2.05) is 36.4 Å². The highest BCUT2D eigenvalue weighted by Gasteiger charge is 2.36. The van der Waals surface area contributed by atoms with Gasteiger partial charge in [0.2, 0.25) is 15.9 Å². The molecule has 1 aliphatic heterocycles. The number of piperidine rings is 1. The van der Waals surface area contributed by atoms with E-state index in [4.69, 9.17) is 9.72 Å². The predicted octanol–water partition coefficient (Wildman–Crippen LogP) is 4.47. The molecule has 0 aliphatic carbocycles. The molecule has 1 saturated heterocycles. The molecule has 1 aliphatic rings. The van der Waals surface area contributed by atoms with Gasteiger partial charge in [0.15, 0.2) is 5.13 Å². The fraction of sp³-hybridized carbons (Fsp3) is 0.269. The number of carbonyl (C=O) groups excluding carboxylic acids is 1. The molecular weight excluding hydrogens is 515 g/mol. The third kappa shape index (κ3) is 5.20. The van der Waals surface area contributed by atoms with Crippen molar-refractivity contribution in [2.75, 3.05) is 25.1 Å². The Morgan fingerprint density at radius 3 is 2.59 bits per heavy atom. The standard InChI is InChI=1S/C26H25FN4O4S2/c1-35-20-9-10-22-23(16-20)36-26(29-22)31(17-19-6-4-5-13-28-19)25(32)18-11-14-30(15-12-18)37(33,34)24-8-3-2-7-21(24)27/h2-10,13,16,18H,11-12,14-15,17H2,1H3. The molecule has 0 atom stereocenters. The molecule has 0 N–H and O–H groups in total. The summed E-state index contributed by atoms with van der Waals surface area (Å²) in [6, 6.07) is 16.4. The highest BCUT2D eigenvalue weighted by atomic mass is 32.2. The van der Waals surface area contributed by atoms with Gasteiger partial charge in [0.25, 0.3) is 0 Å². The molecular formula is C26H25FN4O4S2. The number of anilines is 1. The number of pyridine rings is 1. The van der Waals surface area contributed by atoms with Crippen molar-refractivity contribution in [3.63, 3.8) is 0 Å². The van der Waals surface area contributed by atoms with Gasteiger partial charge >= 0.3 is 0 Å². The van der Waals surface area contributed by atoms with Crippen LogP contribution in [0.3, 0.4) is 0 Å². The van der Waals surface area contributed by atoms with Gasteiger partial charge in [-0.1, -0.05) is 29.5 Å². The van der Waals surface area contributed by atoms with E-state index in [1.165, 1.54) is 33.8 Å². The summed E-state index contributed by atoms with van der Waals surface area (Å²) in [5.74, 6) is -0.625. The highest BCUT2D eigenvalue weighted by molar-refractivity contribution is 7.89. The maximum Gasteiger partial charge on any atom is 0.245 e. The van der Waals surface area contributed by atoms with Crippen molar-refractivity contribution < 1.29 is 22.3 Å². The Bertz CT molecular complexity index is 1520. The molecule has 2 aromatic heterocycles.